The molecule has 0 radical (unpaired) electrons. The lowest BCUT2D eigenvalue weighted by Crippen LogP contribution is -2.01. The van der Waals surface area contributed by atoms with E-state index in [4.69, 9.17) is 0 Å². The molecule has 1 N–H and O–H groups in total. The maximum Gasteiger partial charge on any atom is 0.241 e. The van der Waals surface area contributed by atoms with Crippen molar-refractivity contribution in [2.45, 2.75) is 6.54 Å². The van der Waals surface area contributed by atoms with Crippen LogP contribution in [0.2, 0.25) is 0 Å². The van der Waals surface area contributed by atoms with Crippen molar-refractivity contribution in [3.8, 4) is 0 Å². The minimum absolute atomic E-state index is 0.641. The number of nitrogens with zero attached hydrogens (tertiary/aromatic N) is 3. The van der Waals surface area contributed by atoms with Crippen LogP contribution in [0.25, 0.3) is 6.08 Å². The lowest BCUT2D eigenvalue weighted by molar-refractivity contribution is 0.687. The molecule has 0 fully saturated rings. The topological polar surface area (TPSA) is 42.7 Å². The molecule has 0 aliphatic rings. The number of hydrogen-bond acceptors (Lipinski definition) is 3. The Morgan fingerprint density at radius 1 is 1.38 bits per heavy atom. The third kappa shape index (κ3) is 2.28. The van der Waals surface area contributed by atoms with Crippen molar-refractivity contribution in [3.63, 3.8) is 0 Å². The Hall–Kier alpha value is -2.10. The second kappa shape index (κ2) is 4.61. The third-order valence-corrected chi connectivity index (χ3v) is 2.32. The average Bonchev–Trinajstić information content (AvgIpc) is 2.78. The van der Waals surface area contributed by atoms with Gasteiger partial charge in [-0.2, -0.15) is 0 Å². The molecule has 0 atom stereocenters. The van der Waals surface area contributed by atoms with Crippen LogP contribution in [0.4, 0.5) is 5.95 Å². The fourth-order valence-electron chi connectivity index (χ4n) is 1.43. The molecular weight excluding hydrogens is 200 g/mol. The van der Waals surface area contributed by atoms with Crippen LogP contribution in [0.3, 0.4) is 0 Å². The predicted octanol–water partition coefficient (Wildman–Crippen LogP) is 2.01. The van der Waals surface area contributed by atoms with Crippen LogP contribution in [-0.4, -0.2) is 21.8 Å². The maximum atomic E-state index is 4.24. The Bertz CT molecular complexity index is 470. The van der Waals surface area contributed by atoms with Crippen LogP contribution in [0, 0.1) is 0 Å². The van der Waals surface area contributed by atoms with Gasteiger partial charge < -0.3 is 5.32 Å². The van der Waals surface area contributed by atoms with E-state index in [9.17, 15) is 0 Å². The highest BCUT2D eigenvalue weighted by atomic mass is 15.4. The van der Waals surface area contributed by atoms with Gasteiger partial charge in [-0.15, -0.1) is 5.10 Å². The Morgan fingerprint density at radius 2 is 2.12 bits per heavy atom. The Balaban J connectivity index is 2.10. The molecule has 0 unspecified atom stereocenters. The van der Waals surface area contributed by atoms with E-state index in [1.807, 2.05) is 18.2 Å². The molecule has 1 aromatic heterocycles. The number of rotatable bonds is 4. The second-order valence-corrected chi connectivity index (χ2v) is 3.46. The molecule has 0 amide bonds. The molecule has 82 valence electrons. The zero-order valence-electron chi connectivity index (χ0n) is 9.22. The van der Waals surface area contributed by atoms with Gasteiger partial charge in [0, 0.05) is 7.05 Å². The summed E-state index contributed by atoms with van der Waals surface area (Å²) >= 11 is 0. The zero-order valence-corrected chi connectivity index (χ0v) is 9.22. The molecule has 2 aromatic rings. The van der Waals surface area contributed by atoms with E-state index in [0.717, 1.165) is 12.1 Å². The molecular formula is C12H14N4. The van der Waals surface area contributed by atoms with Gasteiger partial charge in [-0.1, -0.05) is 36.9 Å². The Morgan fingerprint density at radius 3 is 2.69 bits per heavy atom. The van der Waals surface area contributed by atoms with Crippen LogP contribution in [0.5, 0.6) is 0 Å². The van der Waals surface area contributed by atoms with Crippen molar-refractivity contribution in [2.24, 2.45) is 0 Å². The van der Waals surface area contributed by atoms with Crippen molar-refractivity contribution in [3.05, 3.63) is 48.3 Å². The summed E-state index contributed by atoms with van der Waals surface area (Å²) in [7, 11) is 1.80. The minimum atomic E-state index is 0.641. The highest BCUT2D eigenvalue weighted by Gasteiger charge is 1.99. The van der Waals surface area contributed by atoms with Crippen LogP contribution in [0.15, 0.2) is 37.2 Å². The van der Waals surface area contributed by atoms with E-state index in [1.165, 1.54) is 5.56 Å². The summed E-state index contributed by atoms with van der Waals surface area (Å²) in [5.41, 5.74) is 2.32. The summed E-state index contributed by atoms with van der Waals surface area (Å²) in [6.07, 6.45) is 3.55. The number of nitrogens with one attached hydrogen (secondary N) is 1. The van der Waals surface area contributed by atoms with Gasteiger partial charge in [0.05, 0.1) is 6.54 Å². The van der Waals surface area contributed by atoms with Crippen molar-refractivity contribution in [2.75, 3.05) is 12.4 Å². The smallest absolute Gasteiger partial charge is 0.241 e. The van der Waals surface area contributed by atoms with Gasteiger partial charge in [-0.05, 0) is 11.1 Å². The van der Waals surface area contributed by atoms with Gasteiger partial charge in [-0.25, -0.2) is 9.67 Å². The van der Waals surface area contributed by atoms with Crippen molar-refractivity contribution in [1.29, 1.82) is 0 Å². The van der Waals surface area contributed by atoms with Crippen LogP contribution in [0.1, 0.15) is 11.1 Å². The molecule has 0 saturated heterocycles. The average molecular weight is 214 g/mol. The van der Waals surface area contributed by atoms with Crippen molar-refractivity contribution in [1.82, 2.24) is 14.8 Å². The predicted molar refractivity (Wildman–Crippen MR) is 65.2 cm³/mol. The summed E-state index contributed by atoms with van der Waals surface area (Å²) in [5.74, 6) is 0.641. The van der Waals surface area contributed by atoms with E-state index in [-0.39, 0.29) is 0 Å². The normalized spacial score (nSPS) is 10.1. The van der Waals surface area contributed by atoms with Gasteiger partial charge in [0.15, 0.2) is 0 Å². The van der Waals surface area contributed by atoms with Crippen LogP contribution >= 0.6 is 0 Å². The molecule has 0 aliphatic carbocycles. The van der Waals surface area contributed by atoms with Crippen LogP contribution < -0.4 is 5.32 Å². The second-order valence-electron chi connectivity index (χ2n) is 3.46. The molecule has 16 heavy (non-hydrogen) atoms. The van der Waals surface area contributed by atoms with Gasteiger partial charge in [0.2, 0.25) is 5.95 Å². The highest BCUT2D eigenvalue weighted by Crippen LogP contribution is 2.07. The molecule has 2 rings (SSSR count). The lowest BCUT2D eigenvalue weighted by Gasteiger charge is -2.01. The largest absolute Gasteiger partial charge is 0.356 e. The van der Waals surface area contributed by atoms with E-state index in [2.05, 4.69) is 34.1 Å². The zero-order chi connectivity index (χ0) is 11.4. The first kappa shape index (κ1) is 10.4. The molecule has 0 aliphatic heterocycles. The minimum Gasteiger partial charge on any atom is -0.356 e. The van der Waals surface area contributed by atoms with E-state index < -0.39 is 0 Å². The number of anilines is 1. The SMILES string of the molecule is C=Cc1ccc(Cn2cnc(NC)n2)cc1. The summed E-state index contributed by atoms with van der Waals surface area (Å²) < 4.78 is 1.80. The molecule has 1 aromatic carbocycles. The fraction of sp³-hybridized carbons (Fsp3) is 0.167. The quantitative estimate of drug-likeness (QED) is 0.846. The first-order valence-electron chi connectivity index (χ1n) is 5.10. The lowest BCUT2D eigenvalue weighted by atomic mass is 10.1. The van der Waals surface area contributed by atoms with E-state index in [1.54, 1.807) is 18.1 Å². The molecule has 4 nitrogen and oxygen atoms in total. The number of benzene rings is 1. The Kier molecular flexibility index (Phi) is 3.00. The maximum absolute atomic E-state index is 4.24. The first-order valence-corrected chi connectivity index (χ1v) is 5.10. The molecule has 0 bridgehead atoms. The monoisotopic (exact) mass is 214 g/mol. The fourth-order valence-corrected chi connectivity index (χ4v) is 1.43. The van der Waals surface area contributed by atoms with Crippen LogP contribution in [-0.2, 0) is 6.54 Å². The summed E-state index contributed by atoms with van der Waals surface area (Å²) in [6.45, 7) is 4.45. The van der Waals surface area contributed by atoms with Gasteiger partial charge in [-0.3, -0.25) is 0 Å². The Labute approximate surface area is 94.6 Å². The van der Waals surface area contributed by atoms with Crippen molar-refractivity contribution < 1.29 is 0 Å². The van der Waals surface area contributed by atoms with E-state index in [0.29, 0.717) is 5.95 Å². The van der Waals surface area contributed by atoms with Gasteiger partial charge in [0.25, 0.3) is 0 Å². The molecule has 0 saturated carbocycles. The molecule has 4 heteroatoms. The number of hydrogen-bond donors (Lipinski definition) is 1. The summed E-state index contributed by atoms with van der Waals surface area (Å²) in [5, 5.41) is 7.14. The molecule has 1 heterocycles. The highest BCUT2D eigenvalue weighted by molar-refractivity contribution is 5.47. The third-order valence-electron chi connectivity index (χ3n) is 2.32. The molecule has 0 spiro atoms. The standard InChI is InChI=1S/C12H14N4/c1-3-10-4-6-11(7-5-10)8-16-9-14-12(13-2)15-16/h3-7,9H,1,8H2,2H3,(H,13,15). The van der Waals surface area contributed by atoms with Gasteiger partial charge >= 0.3 is 0 Å². The van der Waals surface area contributed by atoms with Crippen molar-refractivity contribution >= 4 is 12.0 Å². The number of aromatic nitrogens is 3. The summed E-state index contributed by atoms with van der Waals surface area (Å²) in [6, 6.07) is 8.21. The van der Waals surface area contributed by atoms with Gasteiger partial charge in [0.1, 0.15) is 6.33 Å². The summed E-state index contributed by atoms with van der Waals surface area (Å²) in [4.78, 5) is 4.09. The van der Waals surface area contributed by atoms with E-state index >= 15 is 0 Å². The first-order chi connectivity index (χ1) is 7.81.